The summed E-state index contributed by atoms with van der Waals surface area (Å²) in [6.45, 7) is 4.11. The number of aliphatic hydroxyl groups excluding tert-OH is 1. The Morgan fingerprint density at radius 3 is 3.08 bits per heavy atom. The lowest BCUT2D eigenvalue weighted by molar-refractivity contribution is -0.122. The van der Waals surface area contributed by atoms with E-state index in [0.29, 0.717) is 13.1 Å². The number of amides is 1. The highest BCUT2D eigenvalue weighted by molar-refractivity contribution is 5.78. The van der Waals surface area contributed by atoms with Gasteiger partial charge in [-0.1, -0.05) is 0 Å². The maximum atomic E-state index is 11.2. The standard InChI is InChI=1S/C9H18N2O2/c1-2-10-9(13)6-11-5-3-4-8(11)7-12/h8,12H,2-7H2,1H3,(H,10,13). The van der Waals surface area contributed by atoms with E-state index in [0.717, 1.165) is 19.4 Å². The van der Waals surface area contributed by atoms with E-state index in [9.17, 15) is 4.79 Å². The second kappa shape index (κ2) is 5.19. The van der Waals surface area contributed by atoms with Crippen molar-refractivity contribution in [1.29, 1.82) is 0 Å². The molecule has 4 heteroatoms. The van der Waals surface area contributed by atoms with Gasteiger partial charge in [0.25, 0.3) is 0 Å². The number of likely N-dealkylation sites (N-methyl/N-ethyl adjacent to an activating group) is 1. The third kappa shape index (κ3) is 2.97. The SMILES string of the molecule is CCNC(=O)CN1CCCC1CO. The second-order valence-corrected chi connectivity index (χ2v) is 3.40. The highest BCUT2D eigenvalue weighted by atomic mass is 16.3. The number of likely N-dealkylation sites (tertiary alicyclic amines) is 1. The molecule has 1 saturated heterocycles. The van der Waals surface area contributed by atoms with E-state index in [2.05, 4.69) is 5.32 Å². The predicted molar refractivity (Wildman–Crippen MR) is 50.4 cm³/mol. The molecule has 0 spiro atoms. The first-order valence-corrected chi connectivity index (χ1v) is 4.89. The molecule has 0 radical (unpaired) electrons. The molecule has 4 nitrogen and oxygen atoms in total. The second-order valence-electron chi connectivity index (χ2n) is 3.40. The number of nitrogens with one attached hydrogen (secondary N) is 1. The highest BCUT2D eigenvalue weighted by Gasteiger charge is 2.24. The molecule has 0 aromatic rings. The van der Waals surface area contributed by atoms with Crippen LogP contribution >= 0.6 is 0 Å². The molecule has 1 heterocycles. The van der Waals surface area contributed by atoms with Crippen LogP contribution in [-0.2, 0) is 4.79 Å². The number of rotatable bonds is 4. The summed E-state index contributed by atoms with van der Waals surface area (Å²) in [6.07, 6.45) is 2.10. The Hall–Kier alpha value is -0.610. The zero-order valence-corrected chi connectivity index (χ0v) is 8.12. The van der Waals surface area contributed by atoms with Gasteiger partial charge in [0, 0.05) is 12.6 Å². The molecule has 13 heavy (non-hydrogen) atoms. The molecule has 1 amide bonds. The van der Waals surface area contributed by atoms with Crippen molar-refractivity contribution >= 4 is 5.91 Å². The van der Waals surface area contributed by atoms with Crippen molar-refractivity contribution in [2.24, 2.45) is 0 Å². The van der Waals surface area contributed by atoms with Crippen molar-refractivity contribution in [3.63, 3.8) is 0 Å². The molecule has 1 aliphatic heterocycles. The average molecular weight is 186 g/mol. The molecule has 2 N–H and O–H groups in total. The third-order valence-corrected chi connectivity index (χ3v) is 2.43. The van der Waals surface area contributed by atoms with Gasteiger partial charge in [0.1, 0.15) is 0 Å². The van der Waals surface area contributed by atoms with Crippen LogP contribution in [-0.4, -0.2) is 48.2 Å². The van der Waals surface area contributed by atoms with E-state index < -0.39 is 0 Å². The molecular weight excluding hydrogens is 168 g/mol. The van der Waals surface area contributed by atoms with Crippen LogP contribution in [0.25, 0.3) is 0 Å². The van der Waals surface area contributed by atoms with Crippen LogP contribution in [0.2, 0.25) is 0 Å². The monoisotopic (exact) mass is 186 g/mol. The minimum Gasteiger partial charge on any atom is -0.395 e. The maximum Gasteiger partial charge on any atom is 0.234 e. The summed E-state index contributed by atoms with van der Waals surface area (Å²) in [5.74, 6) is 0.0582. The van der Waals surface area contributed by atoms with E-state index in [4.69, 9.17) is 5.11 Å². The fourth-order valence-electron chi connectivity index (χ4n) is 1.75. The van der Waals surface area contributed by atoms with E-state index in [-0.39, 0.29) is 18.6 Å². The molecule has 0 bridgehead atoms. The summed E-state index contributed by atoms with van der Waals surface area (Å²) in [5.41, 5.74) is 0. The minimum absolute atomic E-state index is 0.0582. The van der Waals surface area contributed by atoms with Crippen LogP contribution in [0.15, 0.2) is 0 Å². The summed E-state index contributed by atoms with van der Waals surface area (Å²) >= 11 is 0. The fraction of sp³-hybridized carbons (Fsp3) is 0.889. The molecule has 0 aromatic carbocycles. The van der Waals surface area contributed by atoms with E-state index in [1.165, 1.54) is 0 Å². The number of aliphatic hydroxyl groups is 1. The van der Waals surface area contributed by atoms with Gasteiger partial charge in [-0.3, -0.25) is 9.69 Å². The summed E-state index contributed by atoms with van der Waals surface area (Å²) in [6, 6.07) is 0.197. The molecule has 0 aliphatic carbocycles. The van der Waals surface area contributed by atoms with Crippen LogP contribution in [0.3, 0.4) is 0 Å². The fourth-order valence-corrected chi connectivity index (χ4v) is 1.75. The van der Waals surface area contributed by atoms with Crippen LogP contribution in [0.5, 0.6) is 0 Å². The summed E-state index contributed by atoms with van der Waals surface area (Å²) in [7, 11) is 0. The zero-order chi connectivity index (χ0) is 9.68. The number of carbonyl (C=O) groups excluding carboxylic acids is 1. The van der Waals surface area contributed by atoms with Crippen molar-refractivity contribution in [3.8, 4) is 0 Å². The Balaban J connectivity index is 2.30. The minimum atomic E-state index is 0.0582. The lowest BCUT2D eigenvalue weighted by Gasteiger charge is -2.21. The lowest BCUT2D eigenvalue weighted by Crippen LogP contribution is -2.41. The molecule has 76 valence electrons. The lowest BCUT2D eigenvalue weighted by atomic mass is 10.2. The van der Waals surface area contributed by atoms with Gasteiger partial charge in [0.05, 0.1) is 13.2 Å². The summed E-state index contributed by atoms with van der Waals surface area (Å²) in [5, 5.41) is 11.8. The van der Waals surface area contributed by atoms with Gasteiger partial charge in [-0.05, 0) is 26.3 Å². The van der Waals surface area contributed by atoms with Crippen molar-refractivity contribution < 1.29 is 9.90 Å². The molecule has 1 atom stereocenters. The van der Waals surface area contributed by atoms with Gasteiger partial charge in [-0.2, -0.15) is 0 Å². The smallest absolute Gasteiger partial charge is 0.234 e. The van der Waals surface area contributed by atoms with Gasteiger partial charge in [-0.25, -0.2) is 0 Å². The summed E-state index contributed by atoms with van der Waals surface area (Å²) in [4.78, 5) is 13.3. The van der Waals surface area contributed by atoms with Crippen LogP contribution in [0.1, 0.15) is 19.8 Å². The van der Waals surface area contributed by atoms with E-state index in [1.807, 2.05) is 11.8 Å². The number of carbonyl (C=O) groups is 1. The Morgan fingerprint density at radius 1 is 1.69 bits per heavy atom. The van der Waals surface area contributed by atoms with Crippen molar-refractivity contribution in [2.45, 2.75) is 25.8 Å². The first-order valence-electron chi connectivity index (χ1n) is 4.89. The molecule has 1 unspecified atom stereocenters. The molecule has 1 rings (SSSR count). The topological polar surface area (TPSA) is 52.6 Å². The zero-order valence-electron chi connectivity index (χ0n) is 8.12. The van der Waals surface area contributed by atoms with Crippen LogP contribution in [0.4, 0.5) is 0 Å². The Morgan fingerprint density at radius 2 is 2.46 bits per heavy atom. The highest BCUT2D eigenvalue weighted by Crippen LogP contribution is 2.15. The normalized spacial score (nSPS) is 23.4. The molecule has 0 saturated carbocycles. The molecule has 0 aromatic heterocycles. The first-order chi connectivity index (χ1) is 6.27. The Bertz CT molecular complexity index is 173. The van der Waals surface area contributed by atoms with Gasteiger partial charge in [0.2, 0.25) is 5.91 Å². The number of hydrogen-bond donors (Lipinski definition) is 2. The Labute approximate surface area is 78.9 Å². The largest absolute Gasteiger partial charge is 0.395 e. The van der Waals surface area contributed by atoms with E-state index in [1.54, 1.807) is 0 Å². The van der Waals surface area contributed by atoms with Gasteiger partial charge in [0.15, 0.2) is 0 Å². The summed E-state index contributed by atoms with van der Waals surface area (Å²) < 4.78 is 0. The van der Waals surface area contributed by atoms with Crippen molar-refractivity contribution in [3.05, 3.63) is 0 Å². The molecule has 1 aliphatic rings. The van der Waals surface area contributed by atoms with Gasteiger partial charge < -0.3 is 10.4 Å². The first kappa shape index (κ1) is 10.5. The number of nitrogens with zero attached hydrogens (tertiary/aromatic N) is 1. The predicted octanol–water partition coefficient (Wildman–Crippen LogP) is -0.421. The van der Waals surface area contributed by atoms with Gasteiger partial charge in [-0.15, -0.1) is 0 Å². The van der Waals surface area contributed by atoms with Crippen molar-refractivity contribution in [2.75, 3.05) is 26.2 Å². The Kier molecular flexibility index (Phi) is 4.18. The molecular formula is C9H18N2O2. The number of hydrogen-bond acceptors (Lipinski definition) is 3. The van der Waals surface area contributed by atoms with Crippen LogP contribution in [0, 0.1) is 0 Å². The average Bonchev–Trinajstić information content (AvgIpc) is 2.52. The van der Waals surface area contributed by atoms with Gasteiger partial charge >= 0.3 is 0 Å². The van der Waals surface area contributed by atoms with E-state index >= 15 is 0 Å². The maximum absolute atomic E-state index is 11.2. The molecule has 1 fully saturated rings. The van der Waals surface area contributed by atoms with Crippen LogP contribution < -0.4 is 5.32 Å². The quantitative estimate of drug-likeness (QED) is 0.627. The third-order valence-electron chi connectivity index (χ3n) is 2.43. The van der Waals surface area contributed by atoms with Crippen molar-refractivity contribution in [1.82, 2.24) is 10.2 Å².